The molecule has 3 aromatic heterocycles. The molecule has 0 saturated carbocycles. The largest absolute Gasteiger partial charge is 0.451 e. The molecule has 0 saturated heterocycles. The van der Waals surface area contributed by atoms with Crippen LogP contribution in [0, 0.1) is 0 Å². The van der Waals surface area contributed by atoms with Gasteiger partial charge in [-0.1, -0.05) is 18.2 Å². The van der Waals surface area contributed by atoms with Crippen LogP contribution < -0.4 is 16.3 Å². The number of tetrazole rings is 1. The quantitative estimate of drug-likeness (QED) is 0.284. The fourth-order valence-corrected chi connectivity index (χ4v) is 4.69. The van der Waals surface area contributed by atoms with Crippen molar-refractivity contribution in [1.82, 2.24) is 40.8 Å². The molecular weight excluding hydrogens is 545 g/mol. The number of rotatable bonds is 6. The van der Waals surface area contributed by atoms with Gasteiger partial charge < -0.3 is 15.1 Å². The highest BCUT2D eigenvalue weighted by atomic mass is 19.4. The number of amides is 2. The van der Waals surface area contributed by atoms with Gasteiger partial charge in [-0.15, -0.1) is 0 Å². The van der Waals surface area contributed by atoms with Crippen molar-refractivity contribution in [3.63, 3.8) is 0 Å². The fraction of sp³-hybridized carbons (Fsp3) is 0.192. The average Bonchev–Trinajstić information content (AvgIpc) is 3.69. The lowest BCUT2D eigenvalue weighted by Gasteiger charge is -2.14. The lowest BCUT2D eigenvalue weighted by atomic mass is 10.1. The van der Waals surface area contributed by atoms with Crippen molar-refractivity contribution in [2.24, 2.45) is 0 Å². The number of furan rings is 1. The number of benzene rings is 2. The first-order chi connectivity index (χ1) is 19.7. The molecule has 0 spiro atoms. The molecule has 0 radical (unpaired) electrons. The van der Waals surface area contributed by atoms with E-state index in [9.17, 15) is 27.6 Å². The first-order valence-corrected chi connectivity index (χ1v) is 12.3. The second-order valence-corrected chi connectivity index (χ2v) is 9.32. The first-order valence-electron chi connectivity index (χ1n) is 12.3. The SMILES string of the molecule is O=C(NCc1ccc2cc(C(F)(F)F)oc2c1)c1cc(C(=O)N[C@H]2CCc3cc(-n4nn[nH]c4=O)ccc32)ncn1. The Morgan fingerprint density at radius 1 is 1.05 bits per heavy atom. The molecule has 1 aliphatic carbocycles. The number of carbonyl (C=O) groups is 2. The van der Waals surface area contributed by atoms with E-state index in [1.165, 1.54) is 18.2 Å². The molecule has 6 rings (SSSR count). The van der Waals surface area contributed by atoms with Crippen molar-refractivity contribution in [1.29, 1.82) is 0 Å². The molecule has 12 nitrogen and oxygen atoms in total. The molecule has 2 amide bonds. The number of nitrogens with one attached hydrogen (secondary N) is 3. The topological polar surface area (TPSA) is 161 Å². The summed E-state index contributed by atoms with van der Waals surface area (Å²) < 4.78 is 44.7. The van der Waals surface area contributed by atoms with Gasteiger partial charge in [-0.2, -0.15) is 17.9 Å². The number of hydrogen-bond donors (Lipinski definition) is 3. The molecule has 5 aromatic rings. The number of aromatic amines is 1. The molecule has 2 aromatic carbocycles. The van der Waals surface area contributed by atoms with Gasteiger partial charge in [0.1, 0.15) is 23.3 Å². The predicted molar refractivity (Wildman–Crippen MR) is 135 cm³/mol. The highest BCUT2D eigenvalue weighted by Gasteiger charge is 2.35. The minimum absolute atomic E-state index is 0.0103. The van der Waals surface area contributed by atoms with Gasteiger partial charge in [-0.25, -0.2) is 19.9 Å². The van der Waals surface area contributed by atoms with E-state index in [0.717, 1.165) is 28.2 Å². The smallest absolute Gasteiger partial charge is 0.449 e. The monoisotopic (exact) mass is 564 g/mol. The van der Waals surface area contributed by atoms with Crippen LogP contribution in [0.4, 0.5) is 13.2 Å². The molecule has 208 valence electrons. The standard InChI is InChI=1S/C26H19F3N8O4/c27-26(28,29)22-9-15-2-1-13(7-21(15)41-22)11-30-23(38)19-10-20(32-12-31-19)24(39)33-18-6-3-14-8-16(4-5-17(14)18)37-25(40)34-35-36-37/h1-2,4-5,7-10,12,18H,3,6,11H2,(H,30,38)(H,33,39)(H,34,36,40)/t18-/m0/s1. The Kier molecular flexibility index (Phi) is 6.32. The Balaban J connectivity index is 1.11. The van der Waals surface area contributed by atoms with Crippen LogP contribution in [0.2, 0.25) is 0 Å². The lowest BCUT2D eigenvalue weighted by Crippen LogP contribution is -2.29. The van der Waals surface area contributed by atoms with Crippen molar-refractivity contribution >= 4 is 22.8 Å². The molecule has 41 heavy (non-hydrogen) atoms. The van der Waals surface area contributed by atoms with E-state index >= 15 is 0 Å². The van der Waals surface area contributed by atoms with Crippen molar-refractivity contribution in [2.75, 3.05) is 0 Å². The summed E-state index contributed by atoms with van der Waals surface area (Å²) in [4.78, 5) is 45.4. The number of aryl methyl sites for hydroxylation is 1. The van der Waals surface area contributed by atoms with Crippen molar-refractivity contribution in [3.05, 3.63) is 99.2 Å². The summed E-state index contributed by atoms with van der Waals surface area (Å²) >= 11 is 0. The van der Waals surface area contributed by atoms with Gasteiger partial charge in [0.25, 0.3) is 11.8 Å². The molecule has 0 unspecified atom stereocenters. The lowest BCUT2D eigenvalue weighted by molar-refractivity contribution is -0.152. The number of carbonyl (C=O) groups excluding carboxylic acids is 2. The van der Waals surface area contributed by atoms with Crippen LogP contribution in [0.5, 0.6) is 0 Å². The Hall–Kier alpha value is -5.34. The van der Waals surface area contributed by atoms with Crippen LogP contribution in [0.15, 0.2) is 64.1 Å². The first kappa shape index (κ1) is 25.9. The minimum atomic E-state index is -4.60. The third-order valence-electron chi connectivity index (χ3n) is 6.68. The minimum Gasteiger partial charge on any atom is -0.451 e. The van der Waals surface area contributed by atoms with Crippen LogP contribution in [0.1, 0.15) is 55.9 Å². The zero-order valence-corrected chi connectivity index (χ0v) is 20.9. The molecular formula is C26H19F3N8O4. The van der Waals surface area contributed by atoms with Crippen LogP contribution in [0.25, 0.3) is 16.7 Å². The Morgan fingerprint density at radius 3 is 2.61 bits per heavy atom. The molecule has 3 N–H and O–H groups in total. The Bertz CT molecular complexity index is 1860. The van der Waals surface area contributed by atoms with Gasteiger partial charge in [0.05, 0.1) is 11.7 Å². The van der Waals surface area contributed by atoms with E-state index in [4.69, 9.17) is 4.42 Å². The van der Waals surface area contributed by atoms with Gasteiger partial charge in [0, 0.05) is 18.0 Å². The molecule has 1 aliphatic rings. The fourth-order valence-electron chi connectivity index (χ4n) is 4.69. The summed E-state index contributed by atoms with van der Waals surface area (Å²) in [6.45, 7) is -0.0103. The van der Waals surface area contributed by atoms with Gasteiger partial charge in [0.2, 0.25) is 5.76 Å². The summed E-state index contributed by atoms with van der Waals surface area (Å²) in [7, 11) is 0. The van der Waals surface area contributed by atoms with E-state index in [1.54, 1.807) is 12.1 Å². The Morgan fingerprint density at radius 2 is 1.85 bits per heavy atom. The van der Waals surface area contributed by atoms with Crippen LogP contribution in [-0.4, -0.2) is 42.0 Å². The zero-order valence-electron chi connectivity index (χ0n) is 20.9. The average molecular weight is 564 g/mol. The number of hydrogen-bond acceptors (Lipinski definition) is 8. The normalized spacial score (nSPS) is 14.7. The number of nitrogens with zero attached hydrogens (tertiary/aromatic N) is 5. The van der Waals surface area contributed by atoms with E-state index in [1.807, 2.05) is 12.1 Å². The molecule has 0 aliphatic heterocycles. The molecule has 15 heteroatoms. The van der Waals surface area contributed by atoms with E-state index in [2.05, 4.69) is 36.1 Å². The maximum Gasteiger partial charge on any atom is 0.449 e. The highest BCUT2D eigenvalue weighted by Crippen LogP contribution is 2.34. The summed E-state index contributed by atoms with van der Waals surface area (Å²) in [5.41, 5.74) is 2.42. The maximum atomic E-state index is 13.0. The van der Waals surface area contributed by atoms with Crippen LogP contribution >= 0.6 is 0 Å². The van der Waals surface area contributed by atoms with Gasteiger partial charge in [-0.05, 0) is 64.2 Å². The van der Waals surface area contributed by atoms with Gasteiger partial charge in [-0.3, -0.25) is 9.59 Å². The van der Waals surface area contributed by atoms with E-state index in [-0.39, 0.29) is 34.9 Å². The number of halogens is 3. The summed E-state index contributed by atoms with van der Waals surface area (Å²) in [6.07, 6.45) is -2.21. The zero-order chi connectivity index (χ0) is 28.7. The molecule has 3 heterocycles. The maximum absolute atomic E-state index is 13.0. The second kappa shape index (κ2) is 10.0. The highest BCUT2D eigenvalue weighted by molar-refractivity contribution is 5.97. The van der Waals surface area contributed by atoms with Gasteiger partial charge in [0.15, 0.2) is 0 Å². The van der Waals surface area contributed by atoms with Crippen LogP contribution in [0.3, 0.4) is 0 Å². The summed E-state index contributed by atoms with van der Waals surface area (Å²) in [5.74, 6) is -2.20. The number of alkyl halides is 3. The number of aromatic nitrogens is 6. The second-order valence-electron chi connectivity index (χ2n) is 9.32. The predicted octanol–water partition coefficient (Wildman–Crippen LogP) is 2.86. The number of fused-ring (bicyclic) bond motifs is 2. The van der Waals surface area contributed by atoms with E-state index in [0.29, 0.717) is 24.1 Å². The molecule has 0 fully saturated rings. The van der Waals surface area contributed by atoms with Crippen LogP contribution in [-0.2, 0) is 19.1 Å². The third-order valence-corrected chi connectivity index (χ3v) is 6.68. The number of H-pyrrole nitrogens is 1. The Labute approximate surface area is 227 Å². The summed E-state index contributed by atoms with van der Waals surface area (Å²) in [5, 5.41) is 15.3. The molecule has 0 bridgehead atoms. The van der Waals surface area contributed by atoms with Crippen molar-refractivity contribution < 1.29 is 27.2 Å². The summed E-state index contributed by atoms with van der Waals surface area (Å²) in [6, 6.07) is 11.7. The van der Waals surface area contributed by atoms with Crippen molar-refractivity contribution in [2.45, 2.75) is 31.6 Å². The van der Waals surface area contributed by atoms with E-state index < -0.39 is 29.4 Å². The van der Waals surface area contributed by atoms with Gasteiger partial charge >= 0.3 is 11.9 Å². The molecule has 1 atom stereocenters. The van der Waals surface area contributed by atoms with Crippen molar-refractivity contribution in [3.8, 4) is 5.69 Å². The third kappa shape index (κ3) is 5.16.